The Kier molecular flexibility index (Phi) is 3.78. The van der Waals surface area contributed by atoms with Crippen LogP contribution < -0.4 is 22.1 Å². The van der Waals surface area contributed by atoms with E-state index in [4.69, 9.17) is 4.79 Å². The van der Waals surface area contributed by atoms with Crippen LogP contribution in [0.25, 0.3) is 0 Å². The van der Waals surface area contributed by atoms with Gasteiger partial charge in [-0.3, -0.25) is 0 Å². The molecule has 1 heterocycles. The number of primary amides is 2. The summed E-state index contributed by atoms with van der Waals surface area (Å²) in [5.41, 5.74) is 8.50. The molecule has 1 aliphatic rings. The molecule has 0 aliphatic carbocycles. The maximum Gasteiger partial charge on any atom is 0.314 e. The van der Waals surface area contributed by atoms with E-state index in [9.17, 15) is 4.79 Å². The van der Waals surface area contributed by atoms with Gasteiger partial charge in [-0.15, -0.1) is 0 Å². The Hall–Kier alpha value is -1.46. The van der Waals surface area contributed by atoms with E-state index in [1.54, 1.807) is 0 Å². The summed E-state index contributed by atoms with van der Waals surface area (Å²) in [5, 5.41) is 5.14. The van der Waals surface area contributed by atoms with Crippen LogP contribution in [-0.4, -0.2) is 25.2 Å². The molecule has 1 saturated heterocycles. The molecule has 0 aromatic rings. The molecule has 1 fully saturated rings. The molecule has 0 atom stereocenters. The molecule has 0 saturated carbocycles. The Morgan fingerprint density at radius 1 is 1.30 bits per heavy atom. The fraction of sp³-hybridized carbons (Fsp3) is 0.500. The summed E-state index contributed by atoms with van der Waals surface area (Å²) >= 11 is 0. The van der Waals surface area contributed by atoms with Crippen LogP contribution >= 0.6 is 0 Å². The molecule has 1 rings (SSSR count). The van der Waals surface area contributed by atoms with Crippen molar-refractivity contribution in [3.8, 4) is 0 Å². The number of nitrogens with one attached hydrogen (secondary N) is 2. The van der Waals surface area contributed by atoms with Gasteiger partial charge < -0.3 is 22.1 Å². The lowest BCUT2D eigenvalue weighted by Gasteiger charge is -1.80. The van der Waals surface area contributed by atoms with Crippen LogP contribution in [-0.2, 0) is 0 Å². The number of carbonyl (C=O) groups is 2. The number of rotatable bonds is 0. The van der Waals surface area contributed by atoms with Crippen molar-refractivity contribution in [3.05, 3.63) is 0 Å². The first-order valence-electron chi connectivity index (χ1n) is 2.69. The maximum absolute atomic E-state index is 10.0. The number of hydrogen-bond donors (Lipinski definition) is 4. The van der Waals surface area contributed by atoms with Crippen LogP contribution in [0.1, 0.15) is 0 Å². The van der Waals surface area contributed by atoms with Gasteiger partial charge in [-0.2, -0.15) is 0 Å². The molecule has 10 heavy (non-hydrogen) atoms. The van der Waals surface area contributed by atoms with E-state index >= 15 is 0 Å². The van der Waals surface area contributed by atoms with E-state index in [1.165, 1.54) is 0 Å². The van der Waals surface area contributed by atoms with Crippen molar-refractivity contribution in [1.82, 2.24) is 10.6 Å². The van der Waals surface area contributed by atoms with Crippen molar-refractivity contribution in [2.45, 2.75) is 0 Å². The van der Waals surface area contributed by atoms with E-state index < -0.39 is 6.03 Å². The fourth-order valence-corrected chi connectivity index (χ4v) is 0.415. The van der Waals surface area contributed by atoms with Crippen molar-refractivity contribution in [2.75, 3.05) is 13.1 Å². The van der Waals surface area contributed by atoms with Crippen LogP contribution in [0.4, 0.5) is 9.59 Å². The molecule has 0 unspecified atom stereocenters. The highest BCUT2D eigenvalue weighted by molar-refractivity contribution is 5.75. The molecular weight excluding hydrogens is 136 g/mol. The Morgan fingerprint density at radius 3 is 1.70 bits per heavy atom. The highest BCUT2D eigenvalue weighted by Gasteiger charge is 2.02. The van der Waals surface area contributed by atoms with Crippen LogP contribution in [0.15, 0.2) is 0 Å². The van der Waals surface area contributed by atoms with Gasteiger partial charge in [0.15, 0.2) is 0 Å². The molecule has 0 aromatic carbocycles. The lowest BCUT2D eigenvalue weighted by atomic mass is 10.7. The maximum atomic E-state index is 10.0. The Balaban J connectivity index is 0.000000180. The summed E-state index contributed by atoms with van der Waals surface area (Å²) in [7, 11) is 0. The average molecular weight is 146 g/mol. The Morgan fingerprint density at radius 2 is 1.60 bits per heavy atom. The summed E-state index contributed by atoms with van der Waals surface area (Å²) in [6.07, 6.45) is 0. The normalized spacial score (nSPS) is 14.2. The monoisotopic (exact) mass is 146 g/mol. The van der Waals surface area contributed by atoms with Crippen LogP contribution in [0.3, 0.4) is 0 Å². The third kappa shape index (κ3) is 6.54. The molecule has 0 bridgehead atoms. The number of hydrogen-bond acceptors (Lipinski definition) is 2. The lowest BCUT2D eigenvalue weighted by molar-refractivity contribution is 0.248. The van der Waals surface area contributed by atoms with E-state index in [1.807, 2.05) is 0 Å². The zero-order chi connectivity index (χ0) is 7.98. The molecule has 58 valence electrons. The van der Waals surface area contributed by atoms with Gasteiger partial charge in [-0.25, -0.2) is 9.59 Å². The third-order valence-electron chi connectivity index (χ3n) is 0.696. The number of nitrogens with two attached hydrogens (primary N) is 2. The molecule has 0 aromatic heterocycles. The van der Waals surface area contributed by atoms with Gasteiger partial charge in [0.1, 0.15) is 0 Å². The second kappa shape index (κ2) is 4.42. The summed E-state index contributed by atoms with van der Waals surface area (Å²) in [5.74, 6) is 0. The Labute approximate surface area is 57.9 Å². The van der Waals surface area contributed by atoms with E-state index in [-0.39, 0.29) is 6.03 Å². The number of carbonyl (C=O) groups excluding carboxylic acids is 2. The summed E-state index contributed by atoms with van der Waals surface area (Å²) < 4.78 is 0. The van der Waals surface area contributed by atoms with Gasteiger partial charge >= 0.3 is 12.1 Å². The van der Waals surface area contributed by atoms with Crippen molar-refractivity contribution in [2.24, 2.45) is 11.5 Å². The van der Waals surface area contributed by atoms with Crippen LogP contribution in [0.2, 0.25) is 0 Å². The summed E-state index contributed by atoms with van der Waals surface area (Å²) in [6.45, 7) is 1.55. The predicted molar refractivity (Wildman–Crippen MR) is 35.2 cm³/mol. The molecule has 4 amide bonds. The molecule has 6 nitrogen and oxygen atoms in total. The van der Waals surface area contributed by atoms with Crippen LogP contribution in [0, 0.1) is 0 Å². The SMILES string of the molecule is NC(N)=O.O=C1NCCN1. The minimum atomic E-state index is -0.833. The van der Waals surface area contributed by atoms with Gasteiger partial charge in [0.05, 0.1) is 0 Å². The first-order valence-corrected chi connectivity index (χ1v) is 2.69. The molecule has 1 aliphatic heterocycles. The van der Waals surface area contributed by atoms with Crippen molar-refractivity contribution in [3.63, 3.8) is 0 Å². The summed E-state index contributed by atoms with van der Waals surface area (Å²) in [6, 6.07) is -0.880. The fourth-order valence-electron chi connectivity index (χ4n) is 0.415. The second-order valence-corrected chi connectivity index (χ2v) is 1.59. The van der Waals surface area contributed by atoms with E-state index in [2.05, 4.69) is 22.1 Å². The highest BCUT2D eigenvalue weighted by Crippen LogP contribution is 1.69. The highest BCUT2D eigenvalue weighted by atomic mass is 16.2. The molecule has 0 spiro atoms. The van der Waals surface area contributed by atoms with Crippen molar-refractivity contribution < 1.29 is 9.59 Å². The topological polar surface area (TPSA) is 110 Å². The van der Waals surface area contributed by atoms with Crippen LogP contribution in [0.5, 0.6) is 0 Å². The lowest BCUT2D eigenvalue weighted by Crippen LogP contribution is -2.20. The molecular formula is C4H10N4O2. The van der Waals surface area contributed by atoms with Gasteiger partial charge in [0.2, 0.25) is 0 Å². The first-order chi connectivity index (χ1) is 4.63. The molecule has 0 radical (unpaired) electrons. The van der Waals surface area contributed by atoms with Gasteiger partial charge in [0.25, 0.3) is 0 Å². The smallest absolute Gasteiger partial charge is 0.314 e. The molecule has 6 heteroatoms. The summed E-state index contributed by atoms with van der Waals surface area (Å²) in [4.78, 5) is 19.0. The largest absolute Gasteiger partial charge is 0.352 e. The van der Waals surface area contributed by atoms with Gasteiger partial charge in [-0.1, -0.05) is 0 Å². The van der Waals surface area contributed by atoms with E-state index in [0.29, 0.717) is 0 Å². The van der Waals surface area contributed by atoms with Crippen molar-refractivity contribution >= 4 is 12.1 Å². The molecule has 6 N–H and O–H groups in total. The van der Waals surface area contributed by atoms with Gasteiger partial charge in [-0.05, 0) is 0 Å². The van der Waals surface area contributed by atoms with Gasteiger partial charge in [0, 0.05) is 13.1 Å². The standard InChI is InChI=1S/C3H6N2O.CH4N2O/c6-3-4-1-2-5-3;2-1(3)4/h1-2H2,(H2,4,5,6);(H4,2,3,4). The number of amides is 4. The zero-order valence-corrected chi connectivity index (χ0v) is 5.39. The minimum Gasteiger partial charge on any atom is -0.352 e. The average Bonchev–Trinajstić information content (AvgIpc) is 2.15. The first kappa shape index (κ1) is 8.54. The van der Waals surface area contributed by atoms with E-state index in [0.717, 1.165) is 13.1 Å². The zero-order valence-electron chi connectivity index (χ0n) is 5.39. The predicted octanol–water partition coefficient (Wildman–Crippen LogP) is -1.68. The van der Waals surface area contributed by atoms with Crippen molar-refractivity contribution in [1.29, 1.82) is 0 Å². The third-order valence-corrected chi connectivity index (χ3v) is 0.696. The Bertz CT molecular complexity index is 123. The second-order valence-electron chi connectivity index (χ2n) is 1.59. The number of urea groups is 2. The minimum absolute atomic E-state index is 0.0463. The quantitative estimate of drug-likeness (QED) is 0.327.